The van der Waals surface area contributed by atoms with Crippen LogP contribution in [0.25, 0.3) is 0 Å². The third kappa shape index (κ3) is 4.72. The average Bonchev–Trinajstić information content (AvgIpc) is 2.00. The minimum atomic E-state index is -0.356. The van der Waals surface area contributed by atoms with E-state index < -0.39 is 0 Å². The molecule has 0 aliphatic carbocycles. The van der Waals surface area contributed by atoms with Crippen molar-refractivity contribution in [1.29, 1.82) is 0 Å². The number of hydrogen-bond donors (Lipinski definition) is 0. The van der Waals surface area contributed by atoms with Gasteiger partial charge in [0.15, 0.2) is 0 Å². The molecule has 0 aliphatic rings. The first-order valence-electron chi connectivity index (χ1n) is 4.10. The van der Waals surface area contributed by atoms with Gasteiger partial charge in [-0.3, -0.25) is 0 Å². The Morgan fingerprint density at radius 3 is 2.50 bits per heavy atom. The van der Waals surface area contributed by atoms with Crippen molar-refractivity contribution in [1.82, 2.24) is 0 Å². The molecule has 0 heterocycles. The molecule has 0 saturated heterocycles. The highest BCUT2D eigenvalue weighted by atomic mass is 16.5. The maximum absolute atomic E-state index is 10.9. The maximum Gasteiger partial charge on any atom is 0.337 e. The molecule has 0 fully saturated rings. The van der Waals surface area contributed by atoms with Gasteiger partial charge in [0.25, 0.3) is 0 Å². The van der Waals surface area contributed by atoms with Gasteiger partial charge in [-0.1, -0.05) is 19.9 Å². The molecule has 0 amide bonds. The molecule has 0 N–H and O–H groups in total. The fourth-order valence-electron chi connectivity index (χ4n) is 0.708. The SMILES string of the molecule is C=C(C)C(=O)OC=C(C)CCC. The van der Waals surface area contributed by atoms with E-state index in [1.54, 1.807) is 6.92 Å². The van der Waals surface area contributed by atoms with E-state index in [1.165, 1.54) is 6.26 Å². The normalized spacial score (nSPS) is 11.1. The molecule has 0 aromatic heterocycles. The number of ether oxygens (including phenoxy) is 1. The lowest BCUT2D eigenvalue weighted by Crippen LogP contribution is -1.99. The van der Waals surface area contributed by atoms with Crippen LogP contribution in [-0.4, -0.2) is 5.97 Å². The molecule has 0 aromatic carbocycles. The minimum Gasteiger partial charge on any atom is -0.431 e. The summed E-state index contributed by atoms with van der Waals surface area (Å²) in [5, 5.41) is 0. The van der Waals surface area contributed by atoms with Gasteiger partial charge in [0.05, 0.1) is 6.26 Å². The Hall–Kier alpha value is -1.05. The predicted molar refractivity (Wildman–Crippen MR) is 49.6 cm³/mol. The lowest BCUT2D eigenvalue weighted by Gasteiger charge is -1.99. The molecule has 0 unspecified atom stereocenters. The second-order valence-corrected chi connectivity index (χ2v) is 2.90. The Morgan fingerprint density at radius 1 is 1.50 bits per heavy atom. The van der Waals surface area contributed by atoms with Crippen molar-refractivity contribution in [3.63, 3.8) is 0 Å². The van der Waals surface area contributed by atoms with E-state index >= 15 is 0 Å². The third-order valence-electron chi connectivity index (χ3n) is 1.36. The first kappa shape index (κ1) is 11.0. The summed E-state index contributed by atoms with van der Waals surface area (Å²) < 4.78 is 4.82. The monoisotopic (exact) mass is 168 g/mol. The topological polar surface area (TPSA) is 26.3 Å². The molecule has 2 heteroatoms. The van der Waals surface area contributed by atoms with E-state index in [9.17, 15) is 4.79 Å². The van der Waals surface area contributed by atoms with Crippen LogP contribution < -0.4 is 0 Å². The largest absolute Gasteiger partial charge is 0.431 e. The molecule has 0 saturated carbocycles. The highest BCUT2D eigenvalue weighted by Crippen LogP contribution is 2.04. The first-order valence-corrected chi connectivity index (χ1v) is 4.10. The van der Waals surface area contributed by atoms with Gasteiger partial charge in [-0.2, -0.15) is 0 Å². The van der Waals surface area contributed by atoms with Crippen LogP contribution >= 0.6 is 0 Å². The molecule has 0 spiro atoms. The second kappa shape index (κ2) is 5.58. The van der Waals surface area contributed by atoms with Crippen LogP contribution in [0.5, 0.6) is 0 Å². The van der Waals surface area contributed by atoms with Crippen molar-refractivity contribution < 1.29 is 9.53 Å². The van der Waals surface area contributed by atoms with E-state index in [-0.39, 0.29) is 5.97 Å². The summed E-state index contributed by atoms with van der Waals surface area (Å²) in [6.07, 6.45) is 3.52. The van der Waals surface area contributed by atoms with Crippen LogP contribution in [0.15, 0.2) is 24.0 Å². The molecular weight excluding hydrogens is 152 g/mol. The Morgan fingerprint density at radius 2 is 2.08 bits per heavy atom. The van der Waals surface area contributed by atoms with Crippen LogP contribution in [0.1, 0.15) is 33.6 Å². The number of rotatable bonds is 4. The minimum absolute atomic E-state index is 0.356. The van der Waals surface area contributed by atoms with E-state index in [1.807, 2.05) is 6.92 Å². The Bertz CT molecular complexity index is 202. The Kier molecular flexibility index (Phi) is 5.09. The zero-order chi connectivity index (χ0) is 9.56. The Labute approximate surface area is 73.9 Å². The van der Waals surface area contributed by atoms with Gasteiger partial charge in [0.1, 0.15) is 0 Å². The lowest BCUT2D eigenvalue weighted by atomic mass is 10.2. The molecular formula is C10H16O2. The summed E-state index contributed by atoms with van der Waals surface area (Å²) in [5.41, 5.74) is 1.50. The van der Waals surface area contributed by atoms with Gasteiger partial charge in [-0.15, -0.1) is 0 Å². The van der Waals surface area contributed by atoms with Gasteiger partial charge in [0, 0.05) is 5.57 Å². The molecule has 0 aromatic rings. The van der Waals surface area contributed by atoms with E-state index in [4.69, 9.17) is 4.74 Å². The van der Waals surface area contributed by atoms with E-state index in [0.717, 1.165) is 18.4 Å². The van der Waals surface area contributed by atoms with Crippen LogP contribution in [0.3, 0.4) is 0 Å². The van der Waals surface area contributed by atoms with Crippen molar-refractivity contribution in [2.24, 2.45) is 0 Å². The summed E-state index contributed by atoms with van der Waals surface area (Å²) in [6, 6.07) is 0. The van der Waals surface area contributed by atoms with Crippen LogP contribution in [0.4, 0.5) is 0 Å². The number of esters is 1. The summed E-state index contributed by atoms with van der Waals surface area (Å²) in [7, 11) is 0. The number of hydrogen-bond acceptors (Lipinski definition) is 2. The quantitative estimate of drug-likeness (QED) is 0.366. The van der Waals surface area contributed by atoms with Crippen molar-refractivity contribution >= 4 is 5.97 Å². The zero-order valence-electron chi connectivity index (χ0n) is 8.02. The highest BCUT2D eigenvalue weighted by Gasteiger charge is 1.99. The summed E-state index contributed by atoms with van der Waals surface area (Å²) >= 11 is 0. The Balaban J connectivity index is 3.87. The number of allylic oxidation sites excluding steroid dienone is 1. The van der Waals surface area contributed by atoms with Crippen LogP contribution in [0.2, 0.25) is 0 Å². The van der Waals surface area contributed by atoms with E-state index in [0.29, 0.717) is 5.57 Å². The second-order valence-electron chi connectivity index (χ2n) is 2.90. The number of carbonyl (C=O) groups excluding carboxylic acids is 1. The predicted octanol–water partition coefficient (Wildman–Crippen LogP) is 2.81. The molecule has 0 atom stereocenters. The maximum atomic E-state index is 10.9. The first-order chi connectivity index (χ1) is 5.57. The highest BCUT2D eigenvalue weighted by molar-refractivity contribution is 5.87. The summed E-state index contributed by atoms with van der Waals surface area (Å²) in [5.74, 6) is -0.356. The van der Waals surface area contributed by atoms with Gasteiger partial charge in [-0.05, 0) is 25.8 Å². The molecule has 0 bridgehead atoms. The van der Waals surface area contributed by atoms with Gasteiger partial charge in [-0.25, -0.2) is 4.79 Å². The lowest BCUT2D eigenvalue weighted by molar-refractivity contribution is -0.133. The zero-order valence-corrected chi connectivity index (χ0v) is 8.02. The molecule has 2 nitrogen and oxygen atoms in total. The molecule has 12 heavy (non-hydrogen) atoms. The fraction of sp³-hybridized carbons (Fsp3) is 0.500. The molecule has 0 aliphatic heterocycles. The fourth-order valence-corrected chi connectivity index (χ4v) is 0.708. The average molecular weight is 168 g/mol. The van der Waals surface area contributed by atoms with E-state index in [2.05, 4.69) is 13.5 Å². The number of carbonyl (C=O) groups is 1. The molecule has 0 rings (SSSR count). The van der Waals surface area contributed by atoms with Crippen molar-refractivity contribution in [3.05, 3.63) is 24.0 Å². The summed E-state index contributed by atoms with van der Waals surface area (Å²) in [4.78, 5) is 10.9. The van der Waals surface area contributed by atoms with Crippen molar-refractivity contribution in [2.75, 3.05) is 0 Å². The van der Waals surface area contributed by atoms with Gasteiger partial charge >= 0.3 is 5.97 Å². The summed E-state index contributed by atoms with van der Waals surface area (Å²) in [6.45, 7) is 9.13. The van der Waals surface area contributed by atoms with Crippen molar-refractivity contribution in [2.45, 2.75) is 33.6 Å². The van der Waals surface area contributed by atoms with Crippen LogP contribution in [0, 0.1) is 0 Å². The van der Waals surface area contributed by atoms with Crippen molar-refractivity contribution in [3.8, 4) is 0 Å². The van der Waals surface area contributed by atoms with Crippen LogP contribution in [-0.2, 0) is 9.53 Å². The third-order valence-corrected chi connectivity index (χ3v) is 1.36. The van der Waals surface area contributed by atoms with Gasteiger partial charge < -0.3 is 4.74 Å². The molecule has 0 radical (unpaired) electrons. The molecule has 68 valence electrons. The smallest absolute Gasteiger partial charge is 0.337 e. The standard InChI is InChI=1S/C10H16O2/c1-5-6-9(4)7-12-10(11)8(2)3/h7H,2,5-6H2,1,3-4H3. The van der Waals surface area contributed by atoms with Gasteiger partial charge in [0.2, 0.25) is 0 Å².